The Labute approximate surface area is 97.8 Å². The minimum absolute atomic E-state index is 0.812. The van der Waals surface area contributed by atoms with Crippen molar-refractivity contribution >= 4 is 0 Å². The molecule has 1 N–H and O–H groups in total. The predicted octanol–water partition coefficient (Wildman–Crippen LogP) is 2.37. The van der Waals surface area contributed by atoms with Crippen molar-refractivity contribution in [3.63, 3.8) is 0 Å². The van der Waals surface area contributed by atoms with Crippen LogP contribution in [0.5, 0.6) is 0 Å². The van der Waals surface area contributed by atoms with Crippen LogP contribution in [-0.2, 0) is 13.1 Å². The van der Waals surface area contributed by atoms with E-state index in [0.717, 1.165) is 38.0 Å². The van der Waals surface area contributed by atoms with E-state index < -0.39 is 0 Å². The molecule has 1 aromatic rings. The topological polar surface area (TPSA) is 28.4 Å². The van der Waals surface area contributed by atoms with E-state index >= 15 is 0 Å². The van der Waals surface area contributed by atoms with Crippen LogP contribution in [0.1, 0.15) is 38.0 Å². The summed E-state index contributed by atoms with van der Waals surface area (Å²) in [5, 5.41) is 3.31. The molecule has 0 aromatic carbocycles. The van der Waals surface area contributed by atoms with Gasteiger partial charge < -0.3 is 9.73 Å². The monoisotopic (exact) mass is 222 g/mol. The molecule has 2 rings (SSSR count). The Bertz CT molecular complexity index is 317. The molecule has 0 radical (unpaired) electrons. The summed E-state index contributed by atoms with van der Waals surface area (Å²) >= 11 is 0. The van der Waals surface area contributed by atoms with Gasteiger partial charge in [0.2, 0.25) is 0 Å². The molecule has 0 atom stereocenters. The highest BCUT2D eigenvalue weighted by atomic mass is 16.3. The van der Waals surface area contributed by atoms with Crippen LogP contribution in [0.4, 0.5) is 0 Å². The Morgan fingerprint density at radius 3 is 2.88 bits per heavy atom. The molecule has 1 heterocycles. The van der Waals surface area contributed by atoms with Crippen LogP contribution >= 0.6 is 0 Å². The van der Waals surface area contributed by atoms with E-state index in [1.165, 1.54) is 18.4 Å². The number of furan rings is 1. The van der Waals surface area contributed by atoms with Gasteiger partial charge in [0.25, 0.3) is 0 Å². The van der Waals surface area contributed by atoms with Crippen LogP contribution in [0.25, 0.3) is 0 Å². The van der Waals surface area contributed by atoms with Crippen molar-refractivity contribution in [2.75, 3.05) is 13.1 Å². The van der Waals surface area contributed by atoms with Crippen molar-refractivity contribution in [3.8, 4) is 0 Å². The van der Waals surface area contributed by atoms with Crippen molar-refractivity contribution < 1.29 is 4.42 Å². The Kier molecular flexibility index (Phi) is 4.02. The first-order valence-corrected chi connectivity index (χ1v) is 6.34. The number of hydrogen-bond donors (Lipinski definition) is 1. The van der Waals surface area contributed by atoms with E-state index in [1.807, 2.05) is 6.26 Å². The number of hydrogen-bond acceptors (Lipinski definition) is 3. The molecule has 16 heavy (non-hydrogen) atoms. The van der Waals surface area contributed by atoms with Gasteiger partial charge in [-0.05, 0) is 32.0 Å². The molecule has 1 fully saturated rings. The fraction of sp³-hybridized carbons (Fsp3) is 0.692. The third-order valence-electron chi connectivity index (χ3n) is 3.12. The quantitative estimate of drug-likeness (QED) is 0.767. The molecule has 1 aromatic heterocycles. The van der Waals surface area contributed by atoms with Crippen LogP contribution in [0.15, 0.2) is 16.7 Å². The fourth-order valence-corrected chi connectivity index (χ4v) is 2.01. The standard InChI is InChI=1S/C13H22N2O/c1-3-14-8-11-7-13(16-10-11)9-15(4-2)12-5-6-12/h7,10,12,14H,3-6,8-9H2,1-2H3. The van der Waals surface area contributed by atoms with Crippen LogP contribution in [0.3, 0.4) is 0 Å². The van der Waals surface area contributed by atoms with E-state index in [2.05, 4.69) is 30.1 Å². The molecular formula is C13H22N2O. The minimum atomic E-state index is 0.812. The Balaban J connectivity index is 1.85. The molecule has 90 valence electrons. The molecule has 1 saturated carbocycles. The summed E-state index contributed by atoms with van der Waals surface area (Å²) in [6.07, 6.45) is 4.59. The number of nitrogens with zero attached hydrogens (tertiary/aromatic N) is 1. The summed E-state index contributed by atoms with van der Waals surface area (Å²) in [5.74, 6) is 1.10. The number of rotatable bonds is 7. The lowest BCUT2D eigenvalue weighted by atomic mass is 10.3. The summed E-state index contributed by atoms with van der Waals surface area (Å²) in [6.45, 7) is 8.34. The molecule has 0 bridgehead atoms. The summed E-state index contributed by atoms with van der Waals surface area (Å²) in [5.41, 5.74) is 1.25. The van der Waals surface area contributed by atoms with Crippen molar-refractivity contribution in [2.24, 2.45) is 0 Å². The molecule has 1 aliphatic carbocycles. The maximum Gasteiger partial charge on any atom is 0.118 e. The average molecular weight is 222 g/mol. The van der Waals surface area contributed by atoms with Gasteiger partial charge in [-0.15, -0.1) is 0 Å². The SMILES string of the molecule is CCNCc1coc(CN(CC)C2CC2)c1. The van der Waals surface area contributed by atoms with Gasteiger partial charge in [0.1, 0.15) is 5.76 Å². The molecule has 1 aliphatic rings. The Hall–Kier alpha value is -0.800. The van der Waals surface area contributed by atoms with Crippen LogP contribution in [0.2, 0.25) is 0 Å². The summed E-state index contributed by atoms with van der Waals surface area (Å²) in [4.78, 5) is 2.50. The maximum absolute atomic E-state index is 5.59. The van der Waals surface area contributed by atoms with E-state index in [4.69, 9.17) is 4.42 Å². The highest BCUT2D eigenvalue weighted by molar-refractivity contribution is 5.13. The van der Waals surface area contributed by atoms with Gasteiger partial charge in [0.15, 0.2) is 0 Å². The first-order valence-electron chi connectivity index (χ1n) is 6.34. The first-order chi connectivity index (χ1) is 7.83. The summed E-state index contributed by atoms with van der Waals surface area (Å²) < 4.78 is 5.59. The molecule has 3 heteroatoms. The largest absolute Gasteiger partial charge is 0.468 e. The Morgan fingerprint density at radius 1 is 1.44 bits per heavy atom. The van der Waals surface area contributed by atoms with Crippen LogP contribution in [-0.4, -0.2) is 24.0 Å². The van der Waals surface area contributed by atoms with Crippen molar-refractivity contribution in [1.82, 2.24) is 10.2 Å². The van der Waals surface area contributed by atoms with Gasteiger partial charge in [-0.2, -0.15) is 0 Å². The zero-order valence-electron chi connectivity index (χ0n) is 10.3. The van der Waals surface area contributed by atoms with Crippen LogP contribution < -0.4 is 5.32 Å². The smallest absolute Gasteiger partial charge is 0.118 e. The second-order valence-electron chi connectivity index (χ2n) is 4.50. The van der Waals surface area contributed by atoms with Crippen LogP contribution in [0, 0.1) is 0 Å². The van der Waals surface area contributed by atoms with Gasteiger partial charge in [-0.3, -0.25) is 4.90 Å². The highest BCUT2D eigenvalue weighted by Crippen LogP contribution is 2.28. The number of nitrogens with one attached hydrogen (secondary N) is 1. The lowest BCUT2D eigenvalue weighted by Crippen LogP contribution is -2.24. The zero-order chi connectivity index (χ0) is 11.4. The molecule has 0 aliphatic heterocycles. The summed E-state index contributed by atoms with van der Waals surface area (Å²) in [6, 6.07) is 2.99. The van der Waals surface area contributed by atoms with Crippen molar-refractivity contribution in [2.45, 2.75) is 45.8 Å². The van der Waals surface area contributed by atoms with Gasteiger partial charge in [-0.25, -0.2) is 0 Å². The average Bonchev–Trinajstić information content (AvgIpc) is 3.04. The lowest BCUT2D eigenvalue weighted by molar-refractivity contribution is 0.246. The molecule has 0 saturated heterocycles. The van der Waals surface area contributed by atoms with E-state index in [-0.39, 0.29) is 0 Å². The zero-order valence-corrected chi connectivity index (χ0v) is 10.3. The van der Waals surface area contributed by atoms with E-state index in [0.29, 0.717) is 0 Å². The summed E-state index contributed by atoms with van der Waals surface area (Å²) in [7, 11) is 0. The normalized spacial score (nSPS) is 15.9. The Morgan fingerprint density at radius 2 is 2.25 bits per heavy atom. The fourth-order valence-electron chi connectivity index (χ4n) is 2.01. The molecular weight excluding hydrogens is 200 g/mol. The van der Waals surface area contributed by atoms with Gasteiger partial charge >= 0.3 is 0 Å². The van der Waals surface area contributed by atoms with Crippen molar-refractivity contribution in [1.29, 1.82) is 0 Å². The predicted molar refractivity (Wildman–Crippen MR) is 65.2 cm³/mol. The van der Waals surface area contributed by atoms with E-state index in [1.54, 1.807) is 0 Å². The maximum atomic E-state index is 5.59. The molecule has 0 amide bonds. The van der Waals surface area contributed by atoms with E-state index in [9.17, 15) is 0 Å². The molecule has 0 unspecified atom stereocenters. The molecule has 3 nitrogen and oxygen atoms in total. The lowest BCUT2D eigenvalue weighted by Gasteiger charge is -2.17. The first kappa shape index (κ1) is 11.7. The highest BCUT2D eigenvalue weighted by Gasteiger charge is 2.28. The second-order valence-corrected chi connectivity index (χ2v) is 4.50. The second kappa shape index (κ2) is 5.51. The van der Waals surface area contributed by atoms with Crippen molar-refractivity contribution in [3.05, 3.63) is 23.7 Å². The molecule has 0 spiro atoms. The minimum Gasteiger partial charge on any atom is -0.468 e. The van der Waals surface area contributed by atoms with Gasteiger partial charge in [0, 0.05) is 18.2 Å². The third-order valence-corrected chi connectivity index (χ3v) is 3.12. The third kappa shape index (κ3) is 3.09. The van der Waals surface area contributed by atoms with Gasteiger partial charge in [0.05, 0.1) is 12.8 Å². The van der Waals surface area contributed by atoms with Gasteiger partial charge in [-0.1, -0.05) is 13.8 Å².